The van der Waals surface area contributed by atoms with Gasteiger partial charge in [-0.1, -0.05) is 0 Å². The summed E-state index contributed by atoms with van der Waals surface area (Å²) >= 11 is 16.7. The maximum absolute atomic E-state index is 5.59. The van der Waals surface area contributed by atoms with Gasteiger partial charge in [-0.25, -0.2) is 12.1 Å². The molecule has 0 aromatic heterocycles. The van der Waals surface area contributed by atoms with E-state index in [4.69, 9.17) is 34.8 Å². The first-order valence-corrected chi connectivity index (χ1v) is 6.54. The van der Waals surface area contributed by atoms with Crippen LogP contribution in [0.15, 0.2) is 42.5 Å². The van der Waals surface area contributed by atoms with Crippen molar-refractivity contribution in [2.45, 2.75) is 17.6 Å². The zero-order valence-electron chi connectivity index (χ0n) is 9.15. The van der Waals surface area contributed by atoms with Crippen molar-refractivity contribution in [2.75, 3.05) is 0 Å². The quantitative estimate of drug-likeness (QED) is 0.421. The summed E-state index contributed by atoms with van der Waals surface area (Å²) in [5, 5.41) is 0. The molecule has 17 heavy (non-hydrogen) atoms. The van der Waals surface area contributed by atoms with Crippen LogP contribution in [-0.4, -0.2) is 0 Å². The van der Waals surface area contributed by atoms with Crippen molar-refractivity contribution in [3.8, 4) is 0 Å². The first kappa shape index (κ1) is 17.1. The summed E-state index contributed by atoms with van der Waals surface area (Å²) in [6.45, 7) is 0. The summed E-state index contributed by atoms with van der Waals surface area (Å²) in [5.74, 6) is 1.76. The second-order valence-electron chi connectivity index (χ2n) is 3.27. The van der Waals surface area contributed by atoms with Gasteiger partial charge < -0.3 is 29.3 Å². The Labute approximate surface area is 128 Å². The van der Waals surface area contributed by atoms with Crippen LogP contribution in [0.3, 0.4) is 0 Å². The Morgan fingerprint density at radius 3 is 1.59 bits per heavy atom. The SMILES string of the molecule is ClC[c-]1[cH-][cH-][cH-][c-]1CCl.ClC[c-]1cccc1.[Fe]. The monoisotopic (exact) mass is 330 g/mol. The van der Waals surface area contributed by atoms with Crippen molar-refractivity contribution < 1.29 is 17.1 Å². The molecule has 0 amide bonds. The number of alkyl halides is 3. The van der Waals surface area contributed by atoms with Crippen LogP contribution in [0, 0.1) is 0 Å². The minimum Gasteiger partial charge on any atom is -0.747 e. The van der Waals surface area contributed by atoms with Gasteiger partial charge in [-0.3, -0.25) is 0 Å². The zero-order valence-corrected chi connectivity index (χ0v) is 12.5. The molecule has 0 saturated carbocycles. The predicted molar refractivity (Wildman–Crippen MR) is 72.7 cm³/mol. The van der Waals surface area contributed by atoms with Gasteiger partial charge in [0.15, 0.2) is 0 Å². The maximum Gasteiger partial charge on any atom is 0.00233 e. The van der Waals surface area contributed by atoms with Crippen LogP contribution < -0.4 is 0 Å². The van der Waals surface area contributed by atoms with Crippen molar-refractivity contribution in [1.82, 2.24) is 0 Å². The molecule has 0 heterocycles. The van der Waals surface area contributed by atoms with E-state index in [0.717, 1.165) is 11.1 Å². The number of halogens is 3. The average Bonchev–Trinajstić information content (AvgIpc) is 3.00. The van der Waals surface area contributed by atoms with E-state index in [9.17, 15) is 0 Å². The van der Waals surface area contributed by atoms with Gasteiger partial charge in [-0.2, -0.15) is 35.3 Å². The van der Waals surface area contributed by atoms with Gasteiger partial charge in [-0.15, -0.1) is 28.9 Å². The van der Waals surface area contributed by atoms with Gasteiger partial charge in [0.2, 0.25) is 0 Å². The Morgan fingerprint density at radius 1 is 0.824 bits per heavy atom. The molecule has 0 aliphatic rings. The van der Waals surface area contributed by atoms with Gasteiger partial charge in [0, 0.05) is 22.9 Å². The molecule has 0 atom stereocenters. The summed E-state index contributed by atoms with van der Waals surface area (Å²) in [5.41, 5.74) is 3.49. The standard InChI is InChI=1S/C7H7Cl2.C6H6Cl.Fe/c8-4-6-2-1-3-7(6)5-9;7-5-6-3-1-2-4-6;/h1-3H,4-5H2;1-4H,5H2;/q-5;-1;. The number of hydrogen-bond acceptors (Lipinski definition) is 0. The summed E-state index contributed by atoms with van der Waals surface area (Å²) in [6.07, 6.45) is 0. The van der Waals surface area contributed by atoms with E-state index in [1.807, 2.05) is 42.5 Å². The molecule has 2 aromatic rings. The van der Waals surface area contributed by atoms with Crippen molar-refractivity contribution in [3.63, 3.8) is 0 Å². The Bertz CT molecular complexity index is 361. The molecular weight excluding hydrogens is 318 g/mol. The summed E-state index contributed by atoms with van der Waals surface area (Å²) in [6, 6.07) is 13.9. The third-order valence-corrected chi connectivity index (χ3v) is 3.07. The number of hydrogen-bond donors (Lipinski definition) is 0. The minimum atomic E-state index is 0. The van der Waals surface area contributed by atoms with Crippen molar-refractivity contribution in [1.29, 1.82) is 0 Å². The fourth-order valence-corrected chi connectivity index (χ4v) is 1.96. The average molecular weight is 331 g/mol. The second-order valence-corrected chi connectivity index (χ2v) is 4.07. The molecule has 0 aliphatic carbocycles. The van der Waals surface area contributed by atoms with Gasteiger partial charge in [0.05, 0.1) is 0 Å². The van der Waals surface area contributed by atoms with Crippen molar-refractivity contribution in [2.24, 2.45) is 0 Å². The van der Waals surface area contributed by atoms with Crippen molar-refractivity contribution in [3.05, 3.63) is 59.2 Å². The first-order chi connectivity index (χ1) is 7.81. The van der Waals surface area contributed by atoms with Crippen LogP contribution >= 0.6 is 34.8 Å². The fraction of sp³-hybridized carbons (Fsp3) is 0.231. The smallest absolute Gasteiger partial charge is 0.00233 e. The normalized spacial score (nSPS) is 9.12. The van der Waals surface area contributed by atoms with Crippen LogP contribution in [0.2, 0.25) is 0 Å². The molecule has 0 fully saturated rings. The predicted octanol–water partition coefficient (Wildman–Crippen LogP) is 5.02. The van der Waals surface area contributed by atoms with E-state index < -0.39 is 0 Å². The molecule has 0 bridgehead atoms. The molecule has 0 radical (unpaired) electrons. The fourth-order valence-electron chi connectivity index (χ4n) is 1.26. The largest absolute Gasteiger partial charge is 0.747 e. The summed E-state index contributed by atoms with van der Waals surface area (Å²) in [4.78, 5) is 0. The van der Waals surface area contributed by atoms with Gasteiger partial charge >= 0.3 is 0 Å². The van der Waals surface area contributed by atoms with E-state index >= 15 is 0 Å². The first-order valence-electron chi connectivity index (χ1n) is 4.93. The molecule has 0 nitrogen and oxygen atoms in total. The maximum atomic E-state index is 5.59. The molecule has 0 aliphatic heterocycles. The van der Waals surface area contributed by atoms with E-state index in [-0.39, 0.29) is 17.1 Å². The van der Waals surface area contributed by atoms with Crippen molar-refractivity contribution >= 4 is 34.8 Å². The zero-order chi connectivity index (χ0) is 11.8. The van der Waals surface area contributed by atoms with E-state index in [1.165, 1.54) is 5.56 Å². The molecule has 100 valence electrons. The van der Waals surface area contributed by atoms with Crippen LogP contribution in [0.4, 0.5) is 0 Å². The van der Waals surface area contributed by atoms with Crippen LogP contribution in [0.1, 0.15) is 16.7 Å². The third-order valence-electron chi connectivity index (χ3n) is 2.18. The Balaban J connectivity index is 0.000000292. The molecule has 0 unspecified atom stereocenters. The van der Waals surface area contributed by atoms with Crippen LogP contribution in [-0.2, 0) is 34.7 Å². The van der Waals surface area contributed by atoms with E-state index in [0.29, 0.717) is 17.6 Å². The minimum absolute atomic E-state index is 0. The Kier molecular flexibility index (Phi) is 10.1. The molecule has 0 N–H and O–H groups in total. The molecule has 4 heteroatoms. The number of rotatable bonds is 3. The topological polar surface area (TPSA) is 0 Å². The van der Waals surface area contributed by atoms with Crippen LogP contribution in [0.5, 0.6) is 0 Å². The molecule has 0 saturated heterocycles. The molecular formula is C13H13Cl3Fe-6. The second kappa shape index (κ2) is 10.1. The summed E-state index contributed by atoms with van der Waals surface area (Å²) < 4.78 is 0. The summed E-state index contributed by atoms with van der Waals surface area (Å²) in [7, 11) is 0. The van der Waals surface area contributed by atoms with Gasteiger partial charge in [-0.05, 0) is 0 Å². The Morgan fingerprint density at radius 2 is 1.29 bits per heavy atom. The van der Waals surface area contributed by atoms with E-state index in [2.05, 4.69) is 0 Å². The van der Waals surface area contributed by atoms with Crippen LogP contribution in [0.25, 0.3) is 0 Å². The molecule has 2 aromatic carbocycles. The molecule has 2 rings (SSSR count). The van der Waals surface area contributed by atoms with Gasteiger partial charge in [0.1, 0.15) is 0 Å². The Hall–Kier alpha value is 0.0895. The molecule has 0 spiro atoms. The third kappa shape index (κ3) is 5.99. The van der Waals surface area contributed by atoms with Gasteiger partial charge in [0.25, 0.3) is 0 Å². The van der Waals surface area contributed by atoms with E-state index in [1.54, 1.807) is 0 Å².